The molecule has 2 rings (SSSR count). The van der Waals surface area contributed by atoms with Crippen LogP contribution in [0.1, 0.15) is 30.5 Å². The van der Waals surface area contributed by atoms with Crippen LogP contribution in [0.5, 0.6) is 0 Å². The van der Waals surface area contributed by atoms with Gasteiger partial charge in [-0.15, -0.1) is 0 Å². The highest BCUT2D eigenvalue weighted by atomic mass is 79.9. The van der Waals surface area contributed by atoms with E-state index in [-0.39, 0.29) is 11.9 Å². The number of hydrogen-bond donors (Lipinski definition) is 1. The van der Waals surface area contributed by atoms with Crippen molar-refractivity contribution in [2.24, 2.45) is 0 Å². The molecule has 0 bridgehead atoms. The molecule has 1 unspecified atom stereocenters. The Morgan fingerprint density at radius 1 is 1.24 bits per heavy atom. The lowest BCUT2D eigenvalue weighted by atomic mass is 9.98. The number of nitrogens with one attached hydrogen (secondary N) is 1. The van der Waals surface area contributed by atoms with Crippen molar-refractivity contribution in [3.05, 3.63) is 68.9 Å². The van der Waals surface area contributed by atoms with Crippen LogP contribution in [-0.4, -0.2) is 6.54 Å². The van der Waals surface area contributed by atoms with Gasteiger partial charge in [0.1, 0.15) is 5.82 Å². The van der Waals surface area contributed by atoms with E-state index in [1.54, 1.807) is 6.07 Å². The third-order valence-electron chi connectivity index (χ3n) is 3.37. The molecular formula is C17H18BrClFN. The minimum Gasteiger partial charge on any atom is -0.310 e. The SMILES string of the molecule is CCCNC(Cc1ccccc1F)c1ccc(Cl)c(Br)c1. The van der Waals surface area contributed by atoms with Gasteiger partial charge in [0.2, 0.25) is 0 Å². The first-order valence-electron chi connectivity index (χ1n) is 7.03. The van der Waals surface area contributed by atoms with Crippen molar-refractivity contribution in [3.8, 4) is 0 Å². The standard InChI is InChI=1S/C17H18BrClFN/c1-2-9-21-17(11-12-5-3-4-6-16(12)20)13-7-8-15(19)14(18)10-13/h3-8,10,17,21H,2,9,11H2,1H3. The van der Waals surface area contributed by atoms with Gasteiger partial charge in [0.05, 0.1) is 5.02 Å². The van der Waals surface area contributed by atoms with Crippen molar-refractivity contribution >= 4 is 27.5 Å². The molecule has 0 saturated carbocycles. The van der Waals surface area contributed by atoms with E-state index in [2.05, 4.69) is 28.2 Å². The normalized spacial score (nSPS) is 12.4. The molecular weight excluding hydrogens is 353 g/mol. The van der Waals surface area contributed by atoms with Crippen molar-refractivity contribution in [1.29, 1.82) is 0 Å². The lowest BCUT2D eigenvalue weighted by molar-refractivity contribution is 0.513. The van der Waals surface area contributed by atoms with Crippen molar-refractivity contribution < 1.29 is 4.39 Å². The molecule has 4 heteroatoms. The van der Waals surface area contributed by atoms with Crippen LogP contribution in [-0.2, 0) is 6.42 Å². The van der Waals surface area contributed by atoms with E-state index in [1.807, 2.05) is 30.3 Å². The summed E-state index contributed by atoms with van der Waals surface area (Å²) >= 11 is 9.50. The first-order valence-corrected chi connectivity index (χ1v) is 8.20. The second-order valence-corrected chi connectivity index (χ2v) is 6.24. The summed E-state index contributed by atoms with van der Waals surface area (Å²) in [6.45, 7) is 3.00. The molecule has 0 aliphatic heterocycles. The maximum absolute atomic E-state index is 13.9. The molecule has 0 aliphatic rings. The summed E-state index contributed by atoms with van der Waals surface area (Å²) in [6.07, 6.45) is 1.64. The first kappa shape index (κ1) is 16.5. The van der Waals surface area contributed by atoms with Gasteiger partial charge in [0.15, 0.2) is 0 Å². The Bertz CT molecular complexity index is 603. The third-order valence-corrected chi connectivity index (χ3v) is 4.58. The van der Waals surface area contributed by atoms with E-state index in [1.165, 1.54) is 6.07 Å². The van der Waals surface area contributed by atoms with E-state index >= 15 is 0 Å². The quantitative estimate of drug-likeness (QED) is 0.705. The maximum Gasteiger partial charge on any atom is 0.126 e. The summed E-state index contributed by atoms with van der Waals surface area (Å²) in [7, 11) is 0. The maximum atomic E-state index is 13.9. The van der Waals surface area contributed by atoms with Crippen molar-refractivity contribution in [1.82, 2.24) is 5.32 Å². The molecule has 1 atom stereocenters. The van der Waals surface area contributed by atoms with Gasteiger partial charge >= 0.3 is 0 Å². The van der Waals surface area contributed by atoms with Crippen molar-refractivity contribution in [2.45, 2.75) is 25.8 Å². The molecule has 2 aromatic rings. The van der Waals surface area contributed by atoms with Gasteiger partial charge in [0, 0.05) is 10.5 Å². The summed E-state index contributed by atoms with van der Waals surface area (Å²) in [6, 6.07) is 12.8. The molecule has 1 nitrogen and oxygen atoms in total. The number of benzene rings is 2. The average Bonchev–Trinajstić information content (AvgIpc) is 2.48. The number of rotatable bonds is 6. The van der Waals surface area contributed by atoms with Crippen LogP contribution >= 0.6 is 27.5 Å². The summed E-state index contributed by atoms with van der Waals surface area (Å²) < 4.78 is 14.7. The molecule has 0 aromatic heterocycles. The van der Waals surface area contributed by atoms with Crippen molar-refractivity contribution in [2.75, 3.05) is 6.54 Å². The van der Waals surface area contributed by atoms with E-state index in [0.717, 1.165) is 28.6 Å². The molecule has 0 heterocycles. The molecule has 112 valence electrons. The zero-order valence-corrected chi connectivity index (χ0v) is 14.2. The van der Waals surface area contributed by atoms with Crippen LogP contribution in [0.25, 0.3) is 0 Å². The van der Waals surface area contributed by atoms with Crippen LogP contribution in [0.4, 0.5) is 4.39 Å². The highest BCUT2D eigenvalue weighted by Crippen LogP contribution is 2.28. The Hall–Kier alpha value is -0.900. The topological polar surface area (TPSA) is 12.0 Å². The Balaban J connectivity index is 2.25. The largest absolute Gasteiger partial charge is 0.310 e. The van der Waals surface area contributed by atoms with E-state index in [4.69, 9.17) is 11.6 Å². The second-order valence-electron chi connectivity index (χ2n) is 4.98. The van der Waals surface area contributed by atoms with E-state index in [9.17, 15) is 4.39 Å². The van der Waals surface area contributed by atoms with Crippen molar-refractivity contribution in [3.63, 3.8) is 0 Å². The molecule has 2 aromatic carbocycles. The summed E-state index contributed by atoms with van der Waals surface area (Å²) in [5, 5.41) is 4.16. The molecule has 0 saturated heterocycles. The Kier molecular flexibility index (Phi) is 6.22. The zero-order chi connectivity index (χ0) is 15.2. The molecule has 0 fully saturated rings. The highest BCUT2D eigenvalue weighted by Gasteiger charge is 2.14. The fraction of sp³-hybridized carbons (Fsp3) is 0.294. The minimum atomic E-state index is -0.158. The summed E-state index contributed by atoms with van der Waals surface area (Å²) in [4.78, 5) is 0. The predicted molar refractivity (Wildman–Crippen MR) is 90.3 cm³/mol. The average molecular weight is 371 g/mol. The van der Waals surface area contributed by atoms with Crippen LogP contribution in [0.2, 0.25) is 5.02 Å². The van der Waals surface area contributed by atoms with Gasteiger partial charge < -0.3 is 5.32 Å². The monoisotopic (exact) mass is 369 g/mol. The number of halogens is 3. The first-order chi connectivity index (χ1) is 10.1. The lowest BCUT2D eigenvalue weighted by Crippen LogP contribution is -2.24. The Morgan fingerprint density at radius 2 is 2.00 bits per heavy atom. The van der Waals surface area contributed by atoms with Gasteiger partial charge in [-0.25, -0.2) is 4.39 Å². The Labute approximate surface area is 138 Å². The molecule has 0 aliphatic carbocycles. The van der Waals surface area contributed by atoms with Gasteiger partial charge in [-0.3, -0.25) is 0 Å². The van der Waals surface area contributed by atoms with Gasteiger partial charge in [-0.05, 0) is 64.6 Å². The molecule has 0 radical (unpaired) electrons. The smallest absolute Gasteiger partial charge is 0.126 e. The molecule has 1 N–H and O–H groups in total. The molecule has 0 spiro atoms. The fourth-order valence-electron chi connectivity index (χ4n) is 2.24. The van der Waals surface area contributed by atoms with Crippen LogP contribution in [0.3, 0.4) is 0 Å². The third kappa shape index (κ3) is 4.53. The number of hydrogen-bond acceptors (Lipinski definition) is 1. The zero-order valence-electron chi connectivity index (χ0n) is 11.9. The van der Waals surface area contributed by atoms with E-state index in [0.29, 0.717) is 11.4 Å². The fourth-order valence-corrected chi connectivity index (χ4v) is 2.75. The van der Waals surface area contributed by atoms with Gasteiger partial charge in [0.25, 0.3) is 0 Å². The molecule has 0 amide bonds. The second kappa shape index (κ2) is 7.92. The predicted octanol–water partition coefficient (Wildman–Crippen LogP) is 5.53. The summed E-state index contributed by atoms with van der Waals surface area (Å²) in [5.41, 5.74) is 1.82. The lowest BCUT2D eigenvalue weighted by Gasteiger charge is -2.20. The Morgan fingerprint density at radius 3 is 2.67 bits per heavy atom. The van der Waals surface area contributed by atoms with Crippen LogP contribution < -0.4 is 5.32 Å². The minimum absolute atomic E-state index is 0.0652. The van der Waals surface area contributed by atoms with Gasteiger partial charge in [-0.2, -0.15) is 0 Å². The highest BCUT2D eigenvalue weighted by molar-refractivity contribution is 9.10. The van der Waals surface area contributed by atoms with Crippen LogP contribution in [0.15, 0.2) is 46.9 Å². The molecule has 21 heavy (non-hydrogen) atoms. The van der Waals surface area contributed by atoms with Gasteiger partial charge in [-0.1, -0.05) is 42.8 Å². The van der Waals surface area contributed by atoms with E-state index < -0.39 is 0 Å². The van der Waals surface area contributed by atoms with Crippen LogP contribution in [0, 0.1) is 5.82 Å². The summed E-state index contributed by atoms with van der Waals surface area (Å²) in [5.74, 6) is -0.158.